The fourth-order valence-electron chi connectivity index (χ4n) is 3.51. The highest BCUT2D eigenvalue weighted by Gasteiger charge is 2.21. The largest absolute Gasteiger partial charge is 0.497 e. The van der Waals surface area contributed by atoms with E-state index >= 15 is 0 Å². The molecule has 0 aliphatic carbocycles. The van der Waals surface area contributed by atoms with E-state index in [0.717, 1.165) is 11.1 Å². The molecule has 0 unspecified atom stereocenters. The van der Waals surface area contributed by atoms with Gasteiger partial charge in [0.2, 0.25) is 6.79 Å². The Hall–Kier alpha value is -3.88. The zero-order valence-corrected chi connectivity index (χ0v) is 19.1. The smallest absolute Gasteiger partial charge is 0.318 e. The molecule has 0 fully saturated rings. The molecule has 0 radical (unpaired) electrons. The molecular formula is C24H27N3O6. The fourth-order valence-corrected chi connectivity index (χ4v) is 3.51. The summed E-state index contributed by atoms with van der Waals surface area (Å²) in [5.74, 6) is 3.19. The number of hydrogen-bond acceptors (Lipinski definition) is 7. The van der Waals surface area contributed by atoms with Crippen molar-refractivity contribution in [3.8, 4) is 34.3 Å². The van der Waals surface area contributed by atoms with Crippen molar-refractivity contribution < 1.29 is 28.3 Å². The van der Waals surface area contributed by atoms with Gasteiger partial charge in [-0.15, -0.1) is 0 Å². The summed E-state index contributed by atoms with van der Waals surface area (Å²) in [4.78, 5) is 14.6. The van der Waals surface area contributed by atoms with Crippen molar-refractivity contribution in [1.29, 1.82) is 0 Å². The monoisotopic (exact) mass is 453 g/mol. The lowest BCUT2D eigenvalue weighted by Crippen LogP contribution is -2.42. The van der Waals surface area contributed by atoms with E-state index in [1.54, 1.807) is 31.3 Å². The Morgan fingerprint density at radius 1 is 1.06 bits per heavy atom. The van der Waals surface area contributed by atoms with Gasteiger partial charge in [-0.25, -0.2) is 4.79 Å². The lowest BCUT2D eigenvalue weighted by Gasteiger charge is -2.23. The average molecular weight is 453 g/mol. The van der Waals surface area contributed by atoms with Gasteiger partial charge in [-0.3, -0.25) is 0 Å². The molecule has 1 aromatic heterocycles. The second-order valence-corrected chi connectivity index (χ2v) is 7.90. The van der Waals surface area contributed by atoms with Crippen LogP contribution in [-0.4, -0.2) is 43.1 Å². The summed E-state index contributed by atoms with van der Waals surface area (Å²) in [5, 5.41) is 7.13. The van der Waals surface area contributed by atoms with Crippen LogP contribution in [0, 0.1) is 0 Å². The lowest BCUT2D eigenvalue weighted by atomic mass is 10.1. The summed E-state index contributed by atoms with van der Waals surface area (Å²) in [7, 11) is 3.18. The molecule has 1 N–H and O–H groups in total. The molecule has 2 amide bonds. The predicted octanol–water partition coefficient (Wildman–Crippen LogP) is 4.21. The van der Waals surface area contributed by atoms with Crippen molar-refractivity contribution in [1.82, 2.24) is 15.4 Å². The summed E-state index contributed by atoms with van der Waals surface area (Å²) in [6.45, 7) is 4.66. The molecule has 0 spiro atoms. The number of ether oxygens (including phenoxy) is 4. The number of carbonyl (C=O) groups excluding carboxylic acids is 1. The van der Waals surface area contributed by atoms with Crippen LogP contribution in [-0.2, 0) is 13.1 Å². The van der Waals surface area contributed by atoms with E-state index in [0.29, 0.717) is 41.0 Å². The molecule has 4 rings (SSSR count). The number of fused-ring (bicyclic) bond motifs is 1. The van der Waals surface area contributed by atoms with E-state index < -0.39 is 0 Å². The third-order valence-electron chi connectivity index (χ3n) is 5.10. The van der Waals surface area contributed by atoms with E-state index in [-0.39, 0.29) is 25.4 Å². The first-order chi connectivity index (χ1) is 16.0. The summed E-state index contributed by atoms with van der Waals surface area (Å²) in [6.07, 6.45) is 0. The van der Waals surface area contributed by atoms with Gasteiger partial charge >= 0.3 is 6.03 Å². The number of rotatable bonds is 8. The number of benzene rings is 2. The third kappa shape index (κ3) is 5.14. The SMILES string of the molecule is COc1ccc(-c2cc(CN(Cc3ccc4c(c3)OCO4)C(=O)NC(C)C)no2)c(OC)c1. The highest BCUT2D eigenvalue weighted by atomic mass is 16.7. The molecule has 33 heavy (non-hydrogen) atoms. The Labute approximate surface area is 192 Å². The van der Waals surface area contributed by atoms with Crippen LogP contribution in [0.1, 0.15) is 25.1 Å². The van der Waals surface area contributed by atoms with E-state index in [2.05, 4.69) is 10.5 Å². The van der Waals surface area contributed by atoms with Crippen LogP contribution in [0.2, 0.25) is 0 Å². The second-order valence-electron chi connectivity index (χ2n) is 7.90. The molecular weight excluding hydrogens is 426 g/mol. The molecule has 9 heteroatoms. The van der Waals surface area contributed by atoms with E-state index in [1.807, 2.05) is 44.2 Å². The summed E-state index contributed by atoms with van der Waals surface area (Å²) < 4.78 is 27.1. The van der Waals surface area contributed by atoms with Crippen molar-refractivity contribution in [2.24, 2.45) is 0 Å². The molecule has 0 bridgehead atoms. The molecule has 3 aromatic rings. The number of amides is 2. The van der Waals surface area contributed by atoms with Gasteiger partial charge in [-0.05, 0) is 43.7 Å². The molecule has 2 aromatic carbocycles. The van der Waals surface area contributed by atoms with Gasteiger partial charge in [-0.2, -0.15) is 0 Å². The molecule has 0 saturated heterocycles. The number of aromatic nitrogens is 1. The number of carbonyl (C=O) groups is 1. The van der Waals surface area contributed by atoms with Crippen LogP contribution in [0.4, 0.5) is 4.79 Å². The maximum atomic E-state index is 12.9. The quantitative estimate of drug-likeness (QED) is 0.546. The summed E-state index contributed by atoms with van der Waals surface area (Å²) >= 11 is 0. The third-order valence-corrected chi connectivity index (χ3v) is 5.10. The number of methoxy groups -OCH3 is 2. The van der Waals surface area contributed by atoms with Crippen LogP contribution in [0.5, 0.6) is 23.0 Å². The van der Waals surface area contributed by atoms with E-state index in [4.69, 9.17) is 23.5 Å². The Bertz CT molecular complexity index is 1130. The van der Waals surface area contributed by atoms with E-state index in [1.165, 1.54) is 0 Å². The van der Waals surface area contributed by atoms with Crippen LogP contribution in [0.15, 0.2) is 47.0 Å². The first-order valence-corrected chi connectivity index (χ1v) is 10.6. The van der Waals surface area contributed by atoms with Crippen LogP contribution >= 0.6 is 0 Å². The highest BCUT2D eigenvalue weighted by molar-refractivity contribution is 5.74. The summed E-state index contributed by atoms with van der Waals surface area (Å²) in [5.41, 5.74) is 2.27. The average Bonchev–Trinajstić information content (AvgIpc) is 3.46. The van der Waals surface area contributed by atoms with Gasteiger partial charge in [0.25, 0.3) is 0 Å². The van der Waals surface area contributed by atoms with Crippen LogP contribution in [0.3, 0.4) is 0 Å². The zero-order valence-electron chi connectivity index (χ0n) is 19.1. The van der Waals surface area contributed by atoms with Gasteiger partial charge in [-0.1, -0.05) is 11.2 Å². The summed E-state index contributed by atoms with van der Waals surface area (Å²) in [6, 6.07) is 12.7. The van der Waals surface area contributed by atoms with Crippen LogP contribution in [0.25, 0.3) is 11.3 Å². The molecule has 0 atom stereocenters. The van der Waals surface area contributed by atoms with Gasteiger partial charge in [0.1, 0.15) is 17.2 Å². The zero-order chi connectivity index (χ0) is 23.4. The minimum atomic E-state index is -0.200. The minimum Gasteiger partial charge on any atom is -0.497 e. The van der Waals surface area contributed by atoms with E-state index in [9.17, 15) is 4.79 Å². The molecule has 1 aliphatic rings. The van der Waals surface area contributed by atoms with Gasteiger partial charge in [0.05, 0.1) is 26.3 Å². The van der Waals surface area contributed by atoms with Crippen molar-refractivity contribution >= 4 is 6.03 Å². The maximum Gasteiger partial charge on any atom is 0.318 e. The second kappa shape index (κ2) is 9.72. The van der Waals surface area contributed by atoms with Crippen LogP contribution < -0.4 is 24.3 Å². The molecule has 9 nitrogen and oxygen atoms in total. The standard InChI is InChI=1S/C24H27N3O6/c1-15(2)25-24(28)27(12-16-5-8-20-23(9-16)32-14-31-20)13-17-10-22(33-26-17)19-7-6-18(29-3)11-21(19)30-4/h5-11,15H,12-14H2,1-4H3,(H,25,28). The molecule has 1 aliphatic heterocycles. The van der Waals surface area contributed by atoms with Crippen molar-refractivity contribution in [2.45, 2.75) is 33.0 Å². The first kappa shape index (κ1) is 22.3. The highest BCUT2D eigenvalue weighted by Crippen LogP contribution is 2.35. The topological polar surface area (TPSA) is 95.3 Å². The number of nitrogens with one attached hydrogen (secondary N) is 1. The van der Waals surface area contributed by atoms with Gasteiger partial charge in [0.15, 0.2) is 17.3 Å². The van der Waals surface area contributed by atoms with Gasteiger partial charge in [0, 0.05) is 24.7 Å². The van der Waals surface area contributed by atoms with Crippen molar-refractivity contribution in [3.05, 3.63) is 53.7 Å². The van der Waals surface area contributed by atoms with Gasteiger partial charge < -0.3 is 33.7 Å². The Morgan fingerprint density at radius 3 is 2.64 bits per heavy atom. The molecule has 2 heterocycles. The Morgan fingerprint density at radius 2 is 1.88 bits per heavy atom. The number of nitrogens with zero attached hydrogens (tertiary/aromatic N) is 2. The molecule has 0 saturated carbocycles. The number of hydrogen-bond donors (Lipinski definition) is 1. The predicted molar refractivity (Wildman–Crippen MR) is 121 cm³/mol. The van der Waals surface area contributed by atoms with Crippen molar-refractivity contribution in [2.75, 3.05) is 21.0 Å². The normalized spacial score (nSPS) is 12.0. The number of urea groups is 1. The van der Waals surface area contributed by atoms with Crippen molar-refractivity contribution in [3.63, 3.8) is 0 Å². The molecule has 174 valence electrons. The Balaban J connectivity index is 1.55. The Kier molecular flexibility index (Phi) is 6.58. The first-order valence-electron chi connectivity index (χ1n) is 10.6. The fraction of sp³-hybridized carbons (Fsp3) is 0.333. The maximum absolute atomic E-state index is 12.9. The minimum absolute atomic E-state index is 0.00631. The lowest BCUT2D eigenvalue weighted by molar-refractivity contribution is 0.173.